The van der Waals surface area contributed by atoms with E-state index >= 15 is 0 Å². The molecule has 4 aromatic rings. The van der Waals surface area contributed by atoms with Crippen molar-refractivity contribution >= 4 is 27.5 Å². The summed E-state index contributed by atoms with van der Waals surface area (Å²) in [5.41, 5.74) is 2.89. The topological polar surface area (TPSA) is 96.0 Å². The molecule has 0 bridgehead atoms. The second-order valence-electron chi connectivity index (χ2n) is 9.85. The molecule has 2 amide bonds. The maximum atomic E-state index is 14.3. The van der Waals surface area contributed by atoms with E-state index in [1.807, 2.05) is 43.3 Å². The van der Waals surface area contributed by atoms with E-state index in [9.17, 15) is 18.0 Å². The Balaban J connectivity index is 1.78. The maximum Gasteiger partial charge on any atom is 0.264 e. The second kappa shape index (κ2) is 13.8. The van der Waals surface area contributed by atoms with E-state index in [0.29, 0.717) is 11.4 Å². The van der Waals surface area contributed by atoms with E-state index < -0.39 is 28.5 Å². The number of nitrogens with one attached hydrogen (secondary N) is 1. The SMILES string of the molecule is CNC(=O)[C@@H](Cc1ccccc1)N(Cc1cccc(OC)c1)C(=O)CN(c1ccc(C)cc1)S(=O)(=O)c1ccccc1. The fourth-order valence-corrected chi connectivity index (χ4v) is 6.08. The molecule has 0 saturated carbocycles. The van der Waals surface area contributed by atoms with Gasteiger partial charge >= 0.3 is 0 Å². The van der Waals surface area contributed by atoms with Gasteiger partial charge in [0.1, 0.15) is 18.3 Å². The molecule has 0 heterocycles. The molecule has 4 aromatic carbocycles. The number of rotatable bonds is 12. The number of nitrogens with zero attached hydrogens (tertiary/aromatic N) is 2. The number of anilines is 1. The lowest BCUT2D eigenvalue weighted by Gasteiger charge is -2.33. The van der Waals surface area contributed by atoms with Crippen molar-refractivity contribution in [2.45, 2.75) is 30.8 Å². The summed E-state index contributed by atoms with van der Waals surface area (Å²) >= 11 is 0. The number of carbonyl (C=O) groups is 2. The number of aryl methyl sites for hydroxylation is 1. The Morgan fingerprint density at radius 2 is 1.45 bits per heavy atom. The highest BCUT2D eigenvalue weighted by atomic mass is 32.2. The molecule has 0 fully saturated rings. The number of likely N-dealkylation sites (N-methyl/N-ethyl adjacent to an activating group) is 1. The van der Waals surface area contributed by atoms with Gasteiger partial charge in [0.15, 0.2) is 0 Å². The largest absolute Gasteiger partial charge is 0.497 e. The maximum absolute atomic E-state index is 14.3. The third-order valence-corrected chi connectivity index (χ3v) is 8.72. The first kappa shape index (κ1) is 30.3. The fraction of sp³-hybridized carbons (Fsp3) is 0.212. The zero-order valence-electron chi connectivity index (χ0n) is 23.9. The van der Waals surface area contributed by atoms with Gasteiger partial charge in [-0.15, -0.1) is 0 Å². The fourth-order valence-electron chi connectivity index (χ4n) is 4.65. The molecular weight excluding hydrogens is 550 g/mol. The van der Waals surface area contributed by atoms with Gasteiger partial charge in [0.2, 0.25) is 11.8 Å². The van der Waals surface area contributed by atoms with Crippen molar-refractivity contribution in [2.75, 3.05) is 25.0 Å². The first-order valence-corrected chi connectivity index (χ1v) is 15.0. The average molecular weight is 586 g/mol. The molecule has 9 heteroatoms. The molecule has 0 aliphatic rings. The standard InChI is InChI=1S/C33H35N3O5S/c1-25-17-19-28(20-18-25)36(42(39,40)30-15-8-5-9-16-30)24-32(37)35(23-27-13-10-14-29(21-27)41-3)31(33(38)34-2)22-26-11-6-4-7-12-26/h4-21,31H,22-24H2,1-3H3,(H,34,38)/t31-/m1/s1. The van der Waals surface area contributed by atoms with E-state index in [1.165, 1.54) is 24.1 Å². The summed E-state index contributed by atoms with van der Waals surface area (Å²) in [6, 6.07) is 30.7. The number of ether oxygens (including phenoxy) is 1. The summed E-state index contributed by atoms with van der Waals surface area (Å²) < 4.78 is 34.3. The quantitative estimate of drug-likeness (QED) is 0.263. The summed E-state index contributed by atoms with van der Waals surface area (Å²) in [5, 5.41) is 2.69. The van der Waals surface area contributed by atoms with Gasteiger partial charge in [-0.1, -0.05) is 78.4 Å². The average Bonchev–Trinajstić information content (AvgIpc) is 3.02. The number of benzene rings is 4. The van der Waals surface area contributed by atoms with Gasteiger partial charge in [-0.3, -0.25) is 13.9 Å². The summed E-state index contributed by atoms with van der Waals surface area (Å²) in [4.78, 5) is 29.1. The number of carbonyl (C=O) groups excluding carboxylic acids is 2. The first-order valence-electron chi connectivity index (χ1n) is 13.6. The van der Waals surface area contributed by atoms with Crippen molar-refractivity contribution in [3.05, 3.63) is 126 Å². The number of hydrogen-bond acceptors (Lipinski definition) is 5. The van der Waals surface area contributed by atoms with Crippen LogP contribution in [0.5, 0.6) is 5.75 Å². The van der Waals surface area contributed by atoms with E-state index in [4.69, 9.17) is 4.74 Å². The van der Waals surface area contributed by atoms with Gasteiger partial charge in [0.25, 0.3) is 10.0 Å². The van der Waals surface area contributed by atoms with Gasteiger partial charge in [-0.2, -0.15) is 0 Å². The molecule has 42 heavy (non-hydrogen) atoms. The van der Waals surface area contributed by atoms with Gasteiger partial charge in [-0.25, -0.2) is 8.42 Å². The molecule has 0 spiro atoms. The van der Waals surface area contributed by atoms with Crippen molar-refractivity contribution in [1.29, 1.82) is 0 Å². The Hall–Kier alpha value is -4.63. The summed E-state index contributed by atoms with van der Waals surface area (Å²) in [6.07, 6.45) is 0.242. The molecule has 8 nitrogen and oxygen atoms in total. The molecule has 0 saturated heterocycles. The van der Waals surface area contributed by atoms with Crippen LogP contribution in [0.4, 0.5) is 5.69 Å². The number of hydrogen-bond donors (Lipinski definition) is 1. The minimum Gasteiger partial charge on any atom is -0.497 e. The highest BCUT2D eigenvalue weighted by Crippen LogP contribution is 2.26. The van der Waals surface area contributed by atoms with Crippen LogP contribution in [0.3, 0.4) is 0 Å². The van der Waals surface area contributed by atoms with Gasteiger partial charge in [-0.05, 0) is 54.4 Å². The molecule has 0 unspecified atom stereocenters. The minimum atomic E-state index is -4.12. The first-order chi connectivity index (χ1) is 20.2. The number of sulfonamides is 1. The molecule has 0 radical (unpaired) electrons. The molecule has 218 valence electrons. The minimum absolute atomic E-state index is 0.0601. The molecule has 0 aromatic heterocycles. The van der Waals surface area contributed by atoms with Crippen LogP contribution in [0, 0.1) is 6.92 Å². The molecule has 0 aliphatic heterocycles. The Morgan fingerprint density at radius 3 is 2.07 bits per heavy atom. The Morgan fingerprint density at radius 1 is 0.833 bits per heavy atom. The summed E-state index contributed by atoms with van der Waals surface area (Å²) in [5.74, 6) is -0.280. The van der Waals surface area contributed by atoms with Gasteiger partial charge in [0.05, 0.1) is 17.7 Å². The van der Waals surface area contributed by atoms with E-state index in [2.05, 4.69) is 5.32 Å². The predicted octanol–water partition coefficient (Wildman–Crippen LogP) is 4.59. The van der Waals surface area contributed by atoms with Crippen molar-refractivity contribution in [3.8, 4) is 5.75 Å². The van der Waals surface area contributed by atoms with Crippen LogP contribution < -0.4 is 14.4 Å². The lowest BCUT2D eigenvalue weighted by molar-refractivity contribution is -0.139. The second-order valence-corrected chi connectivity index (χ2v) is 11.7. The zero-order valence-corrected chi connectivity index (χ0v) is 24.8. The summed E-state index contributed by atoms with van der Waals surface area (Å²) in [6.45, 7) is 1.46. The van der Waals surface area contributed by atoms with Gasteiger partial charge in [0, 0.05) is 20.0 Å². The number of amides is 2. The highest BCUT2D eigenvalue weighted by molar-refractivity contribution is 7.92. The zero-order chi connectivity index (χ0) is 30.1. The predicted molar refractivity (Wildman–Crippen MR) is 164 cm³/mol. The third kappa shape index (κ3) is 7.36. The Bertz CT molecular complexity index is 1590. The van der Waals surface area contributed by atoms with E-state index in [0.717, 1.165) is 21.0 Å². The normalized spacial score (nSPS) is 11.8. The van der Waals surface area contributed by atoms with Crippen LogP contribution in [-0.2, 0) is 32.6 Å². The smallest absolute Gasteiger partial charge is 0.264 e. The van der Waals surface area contributed by atoms with Crippen molar-refractivity contribution in [1.82, 2.24) is 10.2 Å². The van der Waals surface area contributed by atoms with Crippen LogP contribution in [0.1, 0.15) is 16.7 Å². The van der Waals surface area contributed by atoms with Crippen molar-refractivity contribution < 1.29 is 22.7 Å². The molecule has 1 atom stereocenters. The van der Waals surface area contributed by atoms with E-state index in [-0.39, 0.29) is 23.8 Å². The lowest BCUT2D eigenvalue weighted by Crippen LogP contribution is -2.53. The van der Waals surface area contributed by atoms with Crippen LogP contribution in [-0.4, -0.2) is 51.9 Å². The molecule has 0 aliphatic carbocycles. The van der Waals surface area contributed by atoms with Gasteiger partial charge < -0.3 is 15.0 Å². The monoisotopic (exact) mass is 585 g/mol. The Labute approximate surface area is 247 Å². The van der Waals surface area contributed by atoms with E-state index in [1.54, 1.807) is 67.8 Å². The molecular formula is C33H35N3O5S. The van der Waals surface area contributed by atoms with Crippen LogP contribution >= 0.6 is 0 Å². The van der Waals surface area contributed by atoms with Crippen molar-refractivity contribution in [3.63, 3.8) is 0 Å². The molecule has 4 rings (SSSR count). The summed E-state index contributed by atoms with van der Waals surface area (Å²) in [7, 11) is -1.05. The van der Waals surface area contributed by atoms with Crippen LogP contribution in [0.25, 0.3) is 0 Å². The van der Waals surface area contributed by atoms with Crippen molar-refractivity contribution in [2.24, 2.45) is 0 Å². The Kier molecular flexibility index (Phi) is 9.98. The molecule has 1 N–H and O–H groups in total. The highest BCUT2D eigenvalue weighted by Gasteiger charge is 2.34. The van der Waals surface area contributed by atoms with Crippen LogP contribution in [0.2, 0.25) is 0 Å². The number of methoxy groups -OCH3 is 1. The van der Waals surface area contributed by atoms with Crippen LogP contribution in [0.15, 0.2) is 114 Å². The third-order valence-electron chi connectivity index (χ3n) is 6.94. The lowest BCUT2D eigenvalue weighted by atomic mass is 10.0.